The number of halogens is 3. The van der Waals surface area contributed by atoms with E-state index in [2.05, 4.69) is 0 Å². The van der Waals surface area contributed by atoms with E-state index < -0.39 is 29.8 Å². The number of carbonyl (C=O) groups is 2. The van der Waals surface area contributed by atoms with E-state index in [1.54, 1.807) is 12.1 Å². The van der Waals surface area contributed by atoms with Gasteiger partial charge in [-0.05, 0) is 53.1 Å². The van der Waals surface area contributed by atoms with Gasteiger partial charge in [0.05, 0.1) is 17.5 Å². The van der Waals surface area contributed by atoms with Crippen molar-refractivity contribution >= 4 is 12.0 Å². The smallest absolute Gasteiger partial charge is 0.417 e. The van der Waals surface area contributed by atoms with Crippen LogP contribution in [-0.4, -0.2) is 29.5 Å². The molecule has 188 valence electrons. The molecule has 0 N–H and O–H groups in total. The van der Waals surface area contributed by atoms with Gasteiger partial charge in [-0.15, -0.1) is 0 Å². The molecule has 4 rings (SSSR count). The molecule has 3 aromatic rings. The molecule has 1 saturated heterocycles. The van der Waals surface area contributed by atoms with Gasteiger partial charge in [0, 0.05) is 0 Å². The number of hydrogen-bond acceptors (Lipinski definition) is 3. The molecule has 0 radical (unpaired) electrons. The van der Waals surface area contributed by atoms with Gasteiger partial charge >= 0.3 is 12.3 Å². The highest BCUT2D eigenvalue weighted by Gasteiger charge is 2.41. The maximum Gasteiger partial charge on any atom is 0.417 e. The van der Waals surface area contributed by atoms with Crippen molar-refractivity contribution in [3.63, 3.8) is 0 Å². The maximum atomic E-state index is 13.8. The zero-order chi connectivity index (χ0) is 25.9. The quantitative estimate of drug-likeness (QED) is 0.352. The van der Waals surface area contributed by atoms with Crippen LogP contribution in [0, 0.1) is 5.92 Å². The lowest BCUT2D eigenvalue weighted by molar-refractivity contribution is -0.137. The third-order valence-electron chi connectivity index (χ3n) is 6.35. The number of carbonyl (C=O) groups excluding carboxylic acids is 2. The van der Waals surface area contributed by atoms with Crippen molar-refractivity contribution in [2.45, 2.75) is 44.8 Å². The number of alkyl halides is 3. The first kappa shape index (κ1) is 25.5. The largest absolute Gasteiger partial charge is 0.447 e. The van der Waals surface area contributed by atoms with Crippen molar-refractivity contribution < 1.29 is 27.5 Å². The van der Waals surface area contributed by atoms with Crippen molar-refractivity contribution in [1.29, 1.82) is 0 Å². The Hall–Kier alpha value is -3.61. The lowest BCUT2D eigenvalue weighted by Gasteiger charge is -2.26. The van der Waals surface area contributed by atoms with Gasteiger partial charge in [-0.1, -0.05) is 80.6 Å². The molecule has 2 atom stereocenters. The first-order valence-corrected chi connectivity index (χ1v) is 11.9. The third-order valence-corrected chi connectivity index (χ3v) is 6.35. The van der Waals surface area contributed by atoms with Crippen LogP contribution in [-0.2, 0) is 22.1 Å². The van der Waals surface area contributed by atoms with Crippen molar-refractivity contribution in [3.05, 3.63) is 95.6 Å². The molecule has 7 heteroatoms. The Kier molecular flexibility index (Phi) is 7.48. The van der Waals surface area contributed by atoms with Crippen LogP contribution in [0.1, 0.15) is 42.9 Å². The van der Waals surface area contributed by atoms with Gasteiger partial charge in [0.1, 0.15) is 6.61 Å². The molecule has 1 aliphatic heterocycles. The number of imide groups is 1. The molecule has 0 aromatic heterocycles. The molecule has 0 saturated carbocycles. The van der Waals surface area contributed by atoms with Gasteiger partial charge in [-0.3, -0.25) is 4.79 Å². The first-order chi connectivity index (χ1) is 17.1. The summed E-state index contributed by atoms with van der Waals surface area (Å²) < 4.78 is 44.2. The molecule has 1 aliphatic rings. The average molecular weight is 496 g/mol. The topological polar surface area (TPSA) is 46.6 Å². The molecule has 0 spiro atoms. The van der Waals surface area contributed by atoms with Gasteiger partial charge in [0.15, 0.2) is 0 Å². The number of nitrogens with zero attached hydrogens (tertiary/aromatic N) is 1. The Balaban J connectivity index is 1.63. The molecule has 1 fully saturated rings. The Morgan fingerprint density at radius 2 is 1.67 bits per heavy atom. The van der Waals surface area contributed by atoms with Crippen molar-refractivity contribution in [2.24, 2.45) is 5.92 Å². The number of cyclic esters (lactones) is 1. The monoisotopic (exact) mass is 495 g/mol. The van der Waals surface area contributed by atoms with E-state index in [4.69, 9.17) is 4.74 Å². The second kappa shape index (κ2) is 10.6. The fourth-order valence-electron chi connectivity index (χ4n) is 4.57. The van der Waals surface area contributed by atoms with Gasteiger partial charge in [-0.25, -0.2) is 9.69 Å². The summed E-state index contributed by atoms with van der Waals surface area (Å²) in [6.45, 7) is 4.15. The highest BCUT2D eigenvalue weighted by atomic mass is 19.4. The molecule has 0 aliphatic carbocycles. The van der Waals surface area contributed by atoms with Crippen LogP contribution in [0.25, 0.3) is 11.1 Å². The van der Waals surface area contributed by atoms with Crippen LogP contribution in [0.15, 0.2) is 78.9 Å². The fraction of sp³-hybridized carbons (Fsp3) is 0.310. The van der Waals surface area contributed by atoms with Crippen molar-refractivity contribution in [2.75, 3.05) is 6.61 Å². The number of benzene rings is 3. The SMILES string of the molecule is CC(C)CC(C(=O)N1C(=O)OCC1Cc1ccccc1)c1cccc(-c2ccc(C(F)(F)F)cc2)c1. The van der Waals surface area contributed by atoms with Crippen LogP contribution in [0.3, 0.4) is 0 Å². The summed E-state index contributed by atoms with van der Waals surface area (Å²) in [6, 6.07) is 21.4. The molecule has 0 bridgehead atoms. The lowest BCUT2D eigenvalue weighted by Crippen LogP contribution is -2.43. The summed E-state index contributed by atoms with van der Waals surface area (Å²) in [7, 11) is 0. The normalized spacial score (nSPS) is 16.8. The molecule has 4 nitrogen and oxygen atoms in total. The van der Waals surface area contributed by atoms with Gasteiger partial charge in [0.25, 0.3) is 0 Å². The second-order valence-electron chi connectivity index (χ2n) is 9.51. The van der Waals surface area contributed by atoms with Crippen LogP contribution < -0.4 is 0 Å². The molecule has 2 unspecified atom stereocenters. The molecule has 3 aromatic carbocycles. The van der Waals surface area contributed by atoms with Gasteiger partial charge in [0.2, 0.25) is 5.91 Å². The van der Waals surface area contributed by atoms with E-state index in [-0.39, 0.29) is 18.4 Å². The van der Waals surface area contributed by atoms with E-state index in [1.807, 2.05) is 56.3 Å². The number of hydrogen-bond donors (Lipinski definition) is 0. The summed E-state index contributed by atoms with van der Waals surface area (Å²) in [5, 5.41) is 0. The van der Waals surface area contributed by atoms with E-state index >= 15 is 0 Å². The average Bonchev–Trinajstić information content (AvgIpc) is 3.22. The van der Waals surface area contributed by atoms with Crippen molar-refractivity contribution in [3.8, 4) is 11.1 Å². The van der Waals surface area contributed by atoms with Gasteiger partial charge < -0.3 is 4.74 Å². The minimum absolute atomic E-state index is 0.138. The number of amides is 2. The predicted octanol–water partition coefficient (Wildman–Crippen LogP) is 7.09. The van der Waals surface area contributed by atoms with Crippen LogP contribution in [0.4, 0.5) is 18.0 Å². The van der Waals surface area contributed by atoms with E-state index in [0.29, 0.717) is 29.5 Å². The Morgan fingerprint density at radius 1 is 0.972 bits per heavy atom. The Morgan fingerprint density at radius 3 is 2.31 bits per heavy atom. The maximum absolute atomic E-state index is 13.8. The standard InChI is InChI=1S/C29H28F3NO3/c1-19(2)15-26(27(34)33-25(18-36-28(33)35)16-20-7-4-3-5-8-20)23-10-6-9-22(17-23)21-11-13-24(14-12-21)29(30,31)32/h3-14,17,19,25-26H,15-16,18H2,1-2H3. The summed E-state index contributed by atoms with van der Waals surface area (Å²) in [6.07, 6.45) is -4.04. The molecular formula is C29H28F3NO3. The second-order valence-corrected chi connectivity index (χ2v) is 9.51. The van der Waals surface area contributed by atoms with Crippen LogP contribution in [0.5, 0.6) is 0 Å². The predicted molar refractivity (Wildman–Crippen MR) is 131 cm³/mol. The van der Waals surface area contributed by atoms with E-state index in [1.165, 1.54) is 17.0 Å². The fourth-order valence-corrected chi connectivity index (χ4v) is 4.57. The minimum Gasteiger partial charge on any atom is -0.447 e. The molecule has 1 heterocycles. The lowest BCUT2D eigenvalue weighted by atomic mass is 9.87. The zero-order valence-electron chi connectivity index (χ0n) is 20.2. The first-order valence-electron chi connectivity index (χ1n) is 11.9. The number of rotatable bonds is 7. The molecule has 2 amide bonds. The van der Waals surface area contributed by atoms with E-state index in [9.17, 15) is 22.8 Å². The Bertz CT molecular complexity index is 1210. The summed E-state index contributed by atoms with van der Waals surface area (Å²) in [5.41, 5.74) is 2.32. The Labute approximate surface area is 208 Å². The highest BCUT2D eigenvalue weighted by molar-refractivity contribution is 5.97. The number of ether oxygens (including phenoxy) is 1. The molecule has 36 heavy (non-hydrogen) atoms. The van der Waals surface area contributed by atoms with Crippen LogP contribution in [0.2, 0.25) is 0 Å². The highest BCUT2D eigenvalue weighted by Crippen LogP contribution is 2.34. The van der Waals surface area contributed by atoms with Gasteiger partial charge in [-0.2, -0.15) is 13.2 Å². The minimum atomic E-state index is -4.41. The molecular weight excluding hydrogens is 467 g/mol. The summed E-state index contributed by atoms with van der Waals surface area (Å²) in [5.74, 6) is -0.750. The summed E-state index contributed by atoms with van der Waals surface area (Å²) >= 11 is 0. The van der Waals surface area contributed by atoms with E-state index in [0.717, 1.165) is 17.7 Å². The zero-order valence-corrected chi connectivity index (χ0v) is 20.2. The van der Waals surface area contributed by atoms with Crippen LogP contribution >= 0.6 is 0 Å². The third kappa shape index (κ3) is 5.78. The summed E-state index contributed by atoms with van der Waals surface area (Å²) in [4.78, 5) is 27.7. The van der Waals surface area contributed by atoms with Crippen molar-refractivity contribution in [1.82, 2.24) is 4.90 Å².